The highest BCUT2D eigenvalue weighted by Gasteiger charge is 2.04. The molecule has 0 bridgehead atoms. The zero-order valence-corrected chi connectivity index (χ0v) is 10.6. The van der Waals surface area contributed by atoms with Crippen LogP contribution in [-0.2, 0) is 0 Å². The number of aromatic nitrogens is 3. The first-order valence-electron chi connectivity index (χ1n) is 6.10. The van der Waals surface area contributed by atoms with Gasteiger partial charge in [0.25, 0.3) is 0 Å². The van der Waals surface area contributed by atoms with Crippen LogP contribution < -0.4 is 5.32 Å². The van der Waals surface area contributed by atoms with E-state index in [4.69, 9.17) is 0 Å². The van der Waals surface area contributed by atoms with E-state index in [1.165, 1.54) is 0 Å². The largest absolute Gasteiger partial charge is 0.324 e. The van der Waals surface area contributed by atoms with Gasteiger partial charge in [0.2, 0.25) is 5.95 Å². The first kappa shape index (κ1) is 11.5. The van der Waals surface area contributed by atoms with E-state index < -0.39 is 0 Å². The number of benzene rings is 1. The smallest absolute Gasteiger partial charge is 0.212 e. The van der Waals surface area contributed by atoms with Crippen LogP contribution in [0.15, 0.2) is 61.2 Å². The molecule has 0 saturated heterocycles. The van der Waals surface area contributed by atoms with Crippen LogP contribution in [0.4, 0.5) is 11.6 Å². The number of nitrogens with zero attached hydrogens (tertiary/aromatic N) is 3. The quantitative estimate of drug-likeness (QED) is 0.775. The van der Waals surface area contributed by atoms with Crippen molar-refractivity contribution < 1.29 is 0 Å². The Morgan fingerprint density at radius 2 is 1.95 bits per heavy atom. The lowest BCUT2D eigenvalue weighted by Crippen LogP contribution is -2.01. The minimum atomic E-state index is 0.776. The molecule has 2 heterocycles. The van der Waals surface area contributed by atoms with Gasteiger partial charge in [0.1, 0.15) is 0 Å². The Morgan fingerprint density at radius 1 is 1.11 bits per heavy atom. The molecule has 4 heteroatoms. The van der Waals surface area contributed by atoms with Gasteiger partial charge in [0, 0.05) is 24.3 Å². The molecule has 0 fully saturated rings. The molecule has 0 amide bonds. The molecule has 0 unspecified atom stereocenters. The Balaban J connectivity index is 1.93. The second-order valence-corrected chi connectivity index (χ2v) is 4.33. The molecule has 1 aromatic carbocycles. The van der Waals surface area contributed by atoms with E-state index >= 15 is 0 Å². The van der Waals surface area contributed by atoms with E-state index in [-0.39, 0.29) is 0 Å². The van der Waals surface area contributed by atoms with Crippen LogP contribution in [0.5, 0.6) is 0 Å². The van der Waals surface area contributed by atoms with Crippen LogP contribution in [0.2, 0.25) is 0 Å². The maximum absolute atomic E-state index is 4.34. The number of aryl methyl sites for hydroxylation is 1. The predicted octanol–water partition coefficient (Wildman–Crippen LogP) is 3.32. The fraction of sp³-hybridized carbons (Fsp3) is 0.0667. The predicted molar refractivity (Wildman–Crippen MR) is 75.8 cm³/mol. The summed E-state index contributed by atoms with van der Waals surface area (Å²) in [6.07, 6.45) is 7.32. The standard InChI is InChI=1S/C15H14N4/c1-12-9-13(11-16-10-12)18-15-17-7-8-19(15)14-5-3-2-4-6-14/h2-11H,1H3,(H,17,18). The summed E-state index contributed by atoms with van der Waals surface area (Å²) in [7, 11) is 0. The van der Waals surface area contributed by atoms with Crippen molar-refractivity contribution >= 4 is 11.6 Å². The number of hydrogen-bond donors (Lipinski definition) is 1. The van der Waals surface area contributed by atoms with Crippen molar-refractivity contribution in [3.63, 3.8) is 0 Å². The molecule has 0 aliphatic heterocycles. The maximum Gasteiger partial charge on any atom is 0.212 e. The van der Waals surface area contributed by atoms with E-state index in [0.29, 0.717) is 0 Å². The van der Waals surface area contributed by atoms with Gasteiger partial charge >= 0.3 is 0 Å². The Kier molecular flexibility index (Phi) is 2.98. The van der Waals surface area contributed by atoms with Crippen molar-refractivity contribution in [1.82, 2.24) is 14.5 Å². The molecule has 4 nitrogen and oxygen atoms in total. The van der Waals surface area contributed by atoms with Crippen LogP contribution in [0.1, 0.15) is 5.56 Å². The molecule has 1 N–H and O–H groups in total. The van der Waals surface area contributed by atoms with Gasteiger partial charge < -0.3 is 5.32 Å². The van der Waals surface area contributed by atoms with Crippen molar-refractivity contribution in [2.45, 2.75) is 6.92 Å². The average molecular weight is 250 g/mol. The SMILES string of the molecule is Cc1cncc(Nc2nccn2-c2ccccc2)c1. The van der Waals surface area contributed by atoms with Gasteiger partial charge in [0.05, 0.1) is 11.9 Å². The molecule has 0 aliphatic carbocycles. The highest BCUT2D eigenvalue weighted by atomic mass is 15.2. The van der Waals surface area contributed by atoms with Crippen LogP contribution in [-0.4, -0.2) is 14.5 Å². The molecule has 0 radical (unpaired) electrons. The second kappa shape index (κ2) is 4.94. The molecular weight excluding hydrogens is 236 g/mol. The minimum absolute atomic E-state index is 0.776. The third kappa shape index (κ3) is 2.47. The number of para-hydroxylation sites is 1. The molecular formula is C15H14N4. The average Bonchev–Trinajstić information content (AvgIpc) is 2.88. The van der Waals surface area contributed by atoms with Gasteiger partial charge in [-0.25, -0.2) is 4.98 Å². The Hall–Kier alpha value is -2.62. The Morgan fingerprint density at radius 3 is 2.74 bits per heavy atom. The number of anilines is 2. The van der Waals surface area contributed by atoms with E-state index in [2.05, 4.69) is 15.3 Å². The van der Waals surface area contributed by atoms with E-state index in [9.17, 15) is 0 Å². The summed E-state index contributed by atoms with van der Waals surface area (Å²) in [5, 5.41) is 3.28. The van der Waals surface area contributed by atoms with Gasteiger partial charge in [-0.1, -0.05) is 18.2 Å². The number of imidazole rings is 1. The number of rotatable bonds is 3. The summed E-state index contributed by atoms with van der Waals surface area (Å²) in [5.41, 5.74) is 3.12. The lowest BCUT2D eigenvalue weighted by molar-refractivity contribution is 1.06. The topological polar surface area (TPSA) is 42.7 Å². The van der Waals surface area contributed by atoms with Crippen LogP contribution in [0.25, 0.3) is 5.69 Å². The molecule has 19 heavy (non-hydrogen) atoms. The number of hydrogen-bond acceptors (Lipinski definition) is 3. The van der Waals surface area contributed by atoms with Gasteiger partial charge in [-0.2, -0.15) is 0 Å². The number of pyridine rings is 1. The molecule has 3 rings (SSSR count). The van der Waals surface area contributed by atoms with Gasteiger partial charge in [-0.05, 0) is 30.7 Å². The Labute approximate surface area is 111 Å². The normalized spacial score (nSPS) is 10.4. The first-order valence-corrected chi connectivity index (χ1v) is 6.10. The van der Waals surface area contributed by atoms with Crippen LogP contribution in [0, 0.1) is 6.92 Å². The molecule has 0 atom stereocenters. The van der Waals surface area contributed by atoms with Gasteiger partial charge in [0.15, 0.2) is 0 Å². The molecule has 0 aliphatic rings. The van der Waals surface area contributed by atoms with Crippen molar-refractivity contribution in [3.05, 3.63) is 66.7 Å². The summed E-state index contributed by atoms with van der Waals surface area (Å²) >= 11 is 0. The van der Waals surface area contributed by atoms with E-state index in [0.717, 1.165) is 22.9 Å². The highest BCUT2D eigenvalue weighted by molar-refractivity contribution is 5.55. The highest BCUT2D eigenvalue weighted by Crippen LogP contribution is 2.18. The first-order chi connectivity index (χ1) is 9.33. The third-order valence-corrected chi connectivity index (χ3v) is 2.81. The minimum Gasteiger partial charge on any atom is -0.324 e. The van der Waals surface area contributed by atoms with Gasteiger partial charge in [-0.3, -0.25) is 9.55 Å². The lowest BCUT2D eigenvalue weighted by Gasteiger charge is -2.09. The summed E-state index contributed by atoms with van der Waals surface area (Å²) in [4.78, 5) is 8.51. The zero-order valence-electron chi connectivity index (χ0n) is 10.6. The van der Waals surface area contributed by atoms with E-state index in [1.807, 2.05) is 60.3 Å². The lowest BCUT2D eigenvalue weighted by atomic mass is 10.3. The molecule has 3 aromatic rings. The fourth-order valence-corrected chi connectivity index (χ4v) is 1.95. The molecule has 2 aromatic heterocycles. The summed E-state index contributed by atoms with van der Waals surface area (Å²) in [6, 6.07) is 12.1. The van der Waals surface area contributed by atoms with Crippen molar-refractivity contribution in [1.29, 1.82) is 0 Å². The second-order valence-electron chi connectivity index (χ2n) is 4.33. The zero-order chi connectivity index (χ0) is 13.1. The summed E-state index contributed by atoms with van der Waals surface area (Å²) in [5.74, 6) is 0.776. The van der Waals surface area contributed by atoms with E-state index in [1.54, 1.807) is 12.4 Å². The summed E-state index contributed by atoms with van der Waals surface area (Å²) < 4.78 is 2.00. The molecule has 0 spiro atoms. The van der Waals surface area contributed by atoms with Crippen LogP contribution in [0.3, 0.4) is 0 Å². The van der Waals surface area contributed by atoms with Crippen LogP contribution >= 0.6 is 0 Å². The van der Waals surface area contributed by atoms with Crippen molar-refractivity contribution in [2.24, 2.45) is 0 Å². The molecule has 94 valence electrons. The Bertz CT molecular complexity index is 673. The van der Waals surface area contributed by atoms with Gasteiger partial charge in [-0.15, -0.1) is 0 Å². The monoisotopic (exact) mass is 250 g/mol. The maximum atomic E-state index is 4.34. The third-order valence-electron chi connectivity index (χ3n) is 2.81. The van der Waals surface area contributed by atoms with Crippen molar-refractivity contribution in [3.8, 4) is 5.69 Å². The number of nitrogens with one attached hydrogen (secondary N) is 1. The molecule has 0 saturated carbocycles. The fourth-order valence-electron chi connectivity index (χ4n) is 1.95. The summed E-state index contributed by atoms with van der Waals surface area (Å²) in [6.45, 7) is 2.02. The van der Waals surface area contributed by atoms with Crippen molar-refractivity contribution in [2.75, 3.05) is 5.32 Å².